The van der Waals surface area contributed by atoms with E-state index in [9.17, 15) is 13.2 Å². The molecule has 19 heavy (non-hydrogen) atoms. The molecule has 1 aromatic heterocycles. The van der Waals surface area contributed by atoms with E-state index in [2.05, 4.69) is 14.7 Å². The molecule has 0 N–H and O–H groups in total. The third kappa shape index (κ3) is 4.39. The zero-order valence-electron chi connectivity index (χ0n) is 10.2. The van der Waals surface area contributed by atoms with Gasteiger partial charge in [-0.3, -0.25) is 0 Å². The topological polar surface area (TPSA) is 38.9 Å². The van der Waals surface area contributed by atoms with Crippen molar-refractivity contribution in [1.29, 1.82) is 0 Å². The first-order valence-corrected chi connectivity index (χ1v) is 5.97. The molecule has 3 nitrogen and oxygen atoms in total. The highest BCUT2D eigenvalue weighted by Crippen LogP contribution is 2.23. The zero-order valence-corrected chi connectivity index (χ0v) is 10.2. The number of hydrogen-bond acceptors (Lipinski definition) is 3. The Balaban J connectivity index is 1.83. The Hall–Kier alpha value is -1.85. The number of hydrogen-bond donors (Lipinski definition) is 0. The van der Waals surface area contributed by atoms with Gasteiger partial charge in [0.15, 0.2) is 0 Å². The van der Waals surface area contributed by atoms with Gasteiger partial charge in [0.05, 0.1) is 0 Å². The van der Waals surface area contributed by atoms with Gasteiger partial charge in [-0.05, 0) is 24.8 Å². The maximum atomic E-state index is 12.0. The highest BCUT2D eigenvalue weighted by Gasteiger charge is 2.25. The molecule has 0 aliphatic heterocycles. The van der Waals surface area contributed by atoms with E-state index < -0.39 is 12.6 Å². The number of aryl methyl sites for hydroxylation is 1. The zero-order chi connectivity index (χ0) is 13.7. The summed E-state index contributed by atoms with van der Waals surface area (Å²) in [7, 11) is 0. The minimum Gasteiger partial charge on any atom is -0.342 e. The van der Waals surface area contributed by atoms with Crippen LogP contribution in [0.2, 0.25) is 0 Å². The van der Waals surface area contributed by atoms with Crippen LogP contribution in [0.15, 0.2) is 35.2 Å². The average molecular weight is 270 g/mol. The van der Waals surface area contributed by atoms with Crippen LogP contribution in [0.4, 0.5) is 13.2 Å². The standard InChI is InChI=1S/C13H13F3N2O/c14-13(15,16)8-2-1-3-10-4-6-11(7-5-10)12-17-9-19-18-12/h4-7,9H,1-3,8H2. The Labute approximate surface area is 108 Å². The number of rotatable bonds is 5. The van der Waals surface area contributed by atoms with Crippen LogP contribution in [0.3, 0.4) is 0 Å². The first-order chi connectivity index (χ1) is 9.04. The normalized spacial score (nSPS) is 11.7. The van der Waals surface area contributed by atoms with Crippen LogP contribution in [0.5, 0.6) is 0 Å². The van der Waals surface area contributed by atoms with Crippen molar-refractivity contribution in [3.05, 3.63) is 36.2 Å². The van der Waals surface area contributed by atoms with Crippen molar-refractivity contribution in [1.82, 2.24) is 10.1 Å². The summed E-state index contributed by atoms with van der Waals surface area (Å²) in [6.07, 6.45) is -2.18. The molecule has 0 aliphatic carbocycles. The van der Waals surface area contributed by atoms with Gasteiger partial charge < -0.3 is 4.52 Å². The molecule has 0 radical (unpaired) electrons. The van der Waals surface area contributed by atoms with E-state index in [1.54, 1.807) is 0 Å². The van der Waals surface area contributed by atoms with Crippen LogP contribution in [0, 0.1) is 0 Å². The van der Waals surface area contributed by atoms with E-state index in [1.807, 2.05) is 24.3 Å². The minimum atomic E-state index is -4.05. The van der Waals surface area contributed by atoms with Gasteiger partial charge in [0.2, 0.25) is 12.2 Å². The molecule has 1 heterocycles. The monoisotopic (exact) mass is 270 g/mol. The Bertz CT molecular complexity index is 492. The van der Waals surface area contributed by atoms with Gasteiger partial charge in [-0.2, -0.15) is 18.2 Å². The molecule has 0 saturated carbocycles. The lowest BCUT2D eigenvalue weighted by atomic mass is 10.0. The van der Waals surface area contributed by atoms with E-state index in [0.717, 1.165) is 11.1 Å². The van der Waals surface area contributed by atoms with Crippen molar-refractivity contribution in [2.24, 2.45) is 0 Å². The molecule has 0 saturated heterocycles. The summed E-state index contributed by atoms with van der Waals surface area (Å²) >= 11 is 0. The van der Waals surface area contributed by atoms with Crippen molar-refractivity contribution in [2.75, 3.05) is 0 Å². The molecule has 0 amide bonds. The number of aromatic nitrogens is 2. The molecule has 6 heteroatoms. The lowest BCUT2D eigenvalue weighted by Gasteiger charge is -2.06. The number of alkyl halides is 3. The molecule has 0 atom stereocenters. The molecule has 0 aliphatic rings. The van der Waals surface area contributed by atoms with Crippen LogP contribution in [0.1, 0.15) is 24.8 Å². The van der Waals surface area contributed by atoms with Crippen molar-refractivity contribution in [2.45, 2.75) is 31.9 Å². The summed E-state index contributed by atoms with van der Waals surface area (Å²) in [6.45, 7) is 0. The Morgan fingerprint density at radius 1 is 1.05 bits per heavy atom. The highest BCUT2D eigenvalue weighted by atomic mass is 19.4. The highest BCUT2D eigenvalue weighted by molar-refractivity contribution is 5.54. The first-order valence-electron chi connectivity index (χ1n) is 5.97. The number of nitrogens with zero attached hydrogens (tertiary/aromatic N) is 2. The molecule has 0 spiro atoms. The van der Waals surface area contributed by atoms with Crippen molar-refractivity contribution >= 4 is 0 Å². The maximum Gasteiger partial charge on any atom is 0.389 e. The van der Waals surface area contributed by atoms with Crippen LogP contribution in [0.25, 0.3) is 11.4 Å². The second-order valence-corrected chi connectivity index (χ2v) is 4.27. The van der Waals surface area contributed by atoms with Crippen molar-refractivity contribution in [3.8, 4) is 11.4 Å². The van der Waals surface area contributed by atoms with Crippen LogP contribution in [-0.2, 0) is 6.42 Å². The average Bonchev–Trinajstić information content (AvgIpc) is 2.88. The van der Waals surface area contributed by atoms with Crippen molar-refractivity contribution < 1.29 is 17.7 Å². The van der Waals surface area contributed by atoms with Gasteiger partial charge in [-0.1, -0.05) is 29.4 Å². The second-order valence-electron chi connectivity index (χ2n) is 4.27. The van der Waals surface area contributed by atoms with E-state index in [1.165, 1.54) is 6.39 Å². The number of halogens is 3. The molecule has 102 valence electrons. The largest absolute Gasteiger partial charge is 0.389 e. The first kappa shape index (κ1) is 13.6. The summed E-state index contributed by atoms with van der Waals surface area (Å²) in [5, 5.41) is 3.71. The fraction of sp³-hybridized carbons (Fsp3) is 0.385. The summed E-state index contributed by atoms with van der Waals surface area (Å²) in [5.74, 6) is 0.503. The fourth-order valence-electron chi connectivity index (χ4n) is 1.77. The Morgan fingerprint density at radius 2 is 1.79 bits per heavy atom. The Kier molecular flexibility index (Phi) is 4.19. The van der Waals surface area contributed by atoms with E-state index in [-0.39, 0.29) is 6.42 Å². The smallest absolute Gasteiger partial charge is 0.342 e. The van der Waals surface area contributed by atoms with Crippen LogP contribution < -0.4 is 0 Å². The molecule has 0 bridgehead atoms. The number of unbranched alkanes of at least 4 members (excludes halogenated alkanes) is 1. The molecule has 2 rings (SSSR count). The predicted octanol–water partition coefficient (Wildman–Crippen LogP) is 4.01. The maximum absolute atomic E-state index is 12.0. The van der Waals surface area contributed by atoms with Gasteiger partial charge in [-0.15, -0.1) is 0 Å². The van der Waals surface area contributed by atoms with E-state index in [0.29, 0.717) is 18.7 Å². The van der Waals surface area contributed by atoms with Crippen LogP contribution >= 0.6 is 0 Å². The summed E-state index contributed by atoms with van der Waals surface area (Å²) in [5.41, 5.74) is 1.84. The molecule has 0 fully saturated rings. The van der Waals surface area contributed by atoms with Gasteiger partial charge in [0.1, 0.15) is 0 Å². The fourth-order valence-corrected chi connectivity index (χ4v) is 1.77. The number of benzene rings is 1. The van der Waals surface area contributed by atoms with Gasteiger partial charge in [0, 0.05) is 12.0 Å². The summed E-state index contributed by atoms with van der Waals surface area (Å²) < 4.78 is 40.5. The van der Waals surface area contributed by atoms with E-state index >= 15 is 0 Å². The summed E-state index contributed by atoms with van der Waals surface area (Å²) in [4.78, 5) is 3.92. The molecule has 0 unspecified atom stereocenters. The second kappa shape index (κ2) is 5.86. The molecular formula is C13H13F3N2O. The van der Waals surface area contributed by atoms with Gasteiger partial charge in [-0.25, -0.2) is 0 Å². The van der Waals surface area contributed by atoms with Gasteiger partial charge in [0.25, 0.3) is 0 Å². The van der Waals surface area contributed by atoms with Gasteiger partial charge >= 0.3 is 6.18 Å². The van der Waals surface area contributed by atoms with Crippen LogP contribution in [-0.4, -0.2) is 16.3 Å². The van der Waals surface area contributed by atoms with E-state index in [4.69, 9.17) is 0 Å². The predicted molar refractivity (Wildman–Crippen MR) is 63.3 cm³/mol. The summed E-state index contributed by atoms with van der Waals surface area (Å²) in [6, 6.07) is 7.42. The third-order valence-electron chi connectivity index (χ3n) is 2.75. The quantitative estimate of drug-likeness (QED) is 0.770. The third-order valence-corrected chi connectivity index (χ3v) is 2.75. The molecule has 1 aromatic carbocycles. The minimum absolute atomic E-state index is 0.163. The molecule has 2 aromatic rings. The van der Waals surface area contributed by atoms with Crippen molar-refractivity contribution in [3.63, 3.8) is 0 Å². The lowest BCUT2D eigenvalue weighted by molar-refractivity contribution is -0.135. The SMILES string of the molecule is FC(F)(F)CCCCc1ccc(-c2ncon2)cc1. The Morgan fingerprint density at radius 3 is 2.37 bits per heavy atom. The molecular weight excluding hydrogens is 257 g/mol. The lowest BCUT2D eigenvalue weighted by Crippen LogP contribution is -2.06.